The molecule has 0 aliphatic rings. The second-order valence-corrected chi connectivity index (χ2v) is 5.90. The molecule has 0 heterocycles. The van der Waals surface area contributed by atoms with Crippen molar-refractivity contribution in [2.75, 3.05) is 13.1 Å². The Morgan fingerprint density at radius 2 is 1.62 bits per heavy atom. The highest BCUT2D eigenvalue weighted by atomic mass is 16.3. The number of unbranched alkanes of at least 4 members (excludes halogenated alkanes) is 2. The van der Waals surface area contributed by atoms with Crippen molar-refractivity contribution < 1.29 is 9.90 Å². The van der Waals surface area contributed by atoms with E-state index in [0.717, 1.165) is 44.3 Å². The van der Waals surface area contributed by atoms with Crippen molar-refractivity contribution in [2.24, 2.45) is 0 Å². The van der Waals surface area contributed by atoms with Crippen molar-refractivity contribution in [3.63, 3.8) is 0 Å². The maximum Gasteiger partial charge on any atom is 0.225 e. The monoisotopic (exact) mass is 291 g/mol. The van der Waals surface area contributed by atoms with Crippen molar-refractivity contribution in [3.8, 4) is 0 Å². The molecule has 118 valence electrons. The molecule has 0 spiro atoms. The van der Waals surface area contributed by atoms with Gasteiger partial charge in [-0.25, -0.2) is 0 Å². The quantitative estimate of drug-likeness (QED) is 0.753. The summed E-state index contributed by atoms with van der Waals surface area (Å²) in [4.78, 5) is 14.4. The van der Waals surface area contributed by atoms with Gasteiger partial charge >= 0.3 is 0 Å². The van der Waals surface area contributed by atoms with Gasteiger partial charge in [0, 0.05) is 13.1 Å². The number of hydrogen-bond acceptors (Lipinski definition) is 2. The molecule has 3 heteroatoms. The maximum atomic E-state index is 12.5. The largest absolute Gasteiger partial charge is 0.385 e. The summed E-state index contributed by atoms with van der Waals surface area (Å²) in [5.41, 5.74) is -0.307. The summed E-state index contributed by atoms with van der Waals surface area (Å²) in [5.74, 6) is 0.0470. The van der Waals surface area contributed by atoms with Gasteiger partial charge in [0.2, 0.25) is 5.91 Å². The minimum absolute atomic E-state index is 0.0470. The van der Waals surface area contributed by atoms with Crippen LogP contribution in [0.5, 0.6) is 0 Å². The predicted molar refractivity (Wildman–Crippen MR) is 87.0 cm³/mol. The van der Waals surface area contributed by atoms with E-state index in [2.05, 4.69) is 13.8 Å². The molecule has 1 amide bonds. The summed E-state index contributed by atoms with van der Waals surface area (Å²) >= 11 is 0. The first-order valence-corrected chi connectivity index (χ1v) is 8.07. The number of benzene rings is 1. The van der Waals surface area contributed by atoms with Crippen molar-refractivity contribution in [3.05, 3.63) is 35.9 Å². The normalized spacial score (nSPS) is 13.7. The van der Waals surface area contributed by atoms with Gasteiger partial charge in [-0.2, -0.15) is 0 Å². The van der Waals surface area contributed by atoms with Crippen LogP contribution in [0.15, 0.2) is 30.3 Å². The van der Waals surface area contributed by atoms with E-state index in [-0.39, 0.29) is 12.3 Å². The fourth-order valence-electron chi connectivity index (χ4n) is 2.36. The lowest BCUT2D eigenvalue weighted by Gasteiger charge is -2.28. The number of aliphatic hydroxyl groups is 1. The first-order valence-electron chi connectivity index (χ1n) is 8.07. The molecule has 0 aliphatic heterocycles. The summed E-state index contributed by atoms with van der Waals surface area (Å²) in [7, 11) is 0. The Morgan fingerprint density at radius 1 is 1.10 bits per heavy atom. The van der Waals surface area contributed by atoms with Gasteiger partial charge in [-0.15, -0.1) is 0 Å². The Hall–Kier alpha value is -1.35. The molecule has 3 nitrogen and oxygen atoms in total. The van der Waals surface area contributed by atoms with Crippen molar-refractivity contribution >= 4 is 5.91 Å². The van der Waals surface area contributed by atoms with Crippen molar-refractivity contribution in [2.45, 2.75) is 58.5 Å². The fourth-order valence-corrected chi connectivity index (χ4v) is 2.36. The third-order valence-electron chi connectivity index (χ3n) is 3.81. The number of carbonyl (C=O) groups excluding carboxylic acids is 1. The van der Waals surface area contributed by atoms with Crippen LogP contribution in [0.25, 0.3) is 0 Å². The van der Waals surface area contributed by atoms with Crippen LogP contribution < -0.4 is 0 Å². The van der Waals surface area contributed by atoms with Crippen molar-refractivity contribution in [1.29, 1.82) is 0 Å². The first-order chi connectivity index (χ1) is 10.0. The highest BCUT2D eigenvalue weighted by Crippen LogP contribution is 2.25. The topological polar surface area (TPSA) is 40.5 Å². The van der Waals surface area contributed by atoms with E-state index in [1.54, 1.807) is 6.92 Å². The Labute approximate surface area is 129 Å². The molecule has 0 saturated carbocycles. The van der Waals surface area contributed by atoms with E-state index in [4.69, 9.17) is 0 Å². The molecule has 1 N–H and O–H groups in total. The van der Waals surface area contributed by atoms with E-state index < -0.39 is 5.60 Å². The van der Waals surface area contributed by atoms with Gasteiger partial charge in [0.1, 0.15) is 0 Å². The van der Waals surface area contributed by atoms with Gasteiger partial charge in [0.05, 0.1) is 12.0 Å². The summed E-state index contributed by atoms with van der Waals surface area (Å²) in [6.07, 6.45) is 4.33. The molecule has 21 heavy (non-hydrogen) atoms. The molecular formula is C18H29NO2. The van der Waals surface area contributed by atoms with E-state index in [1.807, 2.05) is 35.2 Å². The average Bonchev–Trinajstić information content (AvgIpc) is 2.47. The molecule has 0 unspecified atom stereocenters. The first kappa shape index (κ1) is 17.7. The molecule has 0 aromatic heterocycles. The molecule has 0 radical (unpaired) electrons. The Bertz CT molecular complexity index is 406. The van der Waals surface area contributed by atoms with Gasteiger partial charge in [0.25, 0.3) is 0 Å². The molecule has 0 saturated heterocycles. The molecule has 1 atom stereocenters. The number of amides is 1. The van der Waals surface area contributed by atoms with E-state index >= 15 is 0 Å². The van der Waals surface area contributed by atoms with Crippen LogP contribution in [0.4, 0.5) is 0 Å². The summed E-state index contributed by atoms with van der Waals surface area (Å²) in [5, 5.41) is 10.6. The molecule has 0 fully saturated rings. The third kappa shape index (κ3) is 5.88. The minimum atomic E-state index is -1.10. The Balaban J connectivity index is 2.70. The third-order valence-corrected chi connectivity index (χ3v) is 3.81. The van der Waals surface area contributed by atoms with E-state index in [0.29, 0.717) is 0 Å². The summed E-state index contributed by atoms with van der Waals surface area (Å²) < 4.78 is 0. The molecule has 1 rings (SSSR count). The Morgan fingerprint density at radius 3 is 2.10 bits per heavy atom. The maximum absolute atomic E-state index is 12.5. The van der Waals surface area contributed by atoms with Gasteiger partial charge in [-0.3, -0.25) is 4.79 Å². The average molecular weight is 291 g/mol. The minimum Gasteiger partial charge on any atom is -0.385 e. The van der Waals surface area contributed by atoms with Gasteiger partial charge in [0.15, 0.2) is 0 Å². The second kappa shape index (κ2) is 8.83. The van der Waals surface area contributed by atoms with E-state index in [9.17, 15) is 9.90 Å². The molecule has 1 aromatic rings. The molecule has 1 aromatic carbocycles. The zero-order valence-corrected chi connectivity index (χ0v) is 13.6. The number of nitrogens with zero attached hydrogens (tertiary/aromatic N) is 1. The van der Waals surface area contributed by atoms with Crippen LogP contribution in [-0.2, 0) is 10.4 Å². The lowest BCUT2D eigenvalue weighted by Crippen LogP contribution is -2.37. The lowest BCUT2D eigenvalue weighted by atomic mass is 9.92. The number of hydrogen-bond donors (Lipinski definition) is 1. The fraction of sp³-hybridized carbons (Fsp3) is 0.611. The summed E-state index contributed by atoms with van der Waals surface area (Å²) in [6.45, 7) is 7.56. The molecular weight excluding hydrogens is 262 g/mol. The van der Waals surface area contributed by atoms with Crippen LogP contribution in [0, 0.1) is 0 Å². The smallest absolute Gasteiger partial charge is 0.225 e. The van der Waals surface area contributed by atoms with E-state index in [1.165, 1.54) is 0 Å². The lowest BCUT2D eigenvalue weighted by molar-refractivity contribution is -0.136. The highest BCUT2D eigenvalue weighted by molar-refractivity contribution is 5.77. The van der Waals surface area contributed by atoms with Crippen LogP contribution in [0.2, 0.25) is 0 Å². The van der Waals surface area contributed by atoms with Crippen LogP contribution in [0.1, 0.15) is 58.4 Å². The number of carbonyl (C=O) groups is 1. The Kier molecular flexibility index (Phi) is 7.44. The van der Waals surface area contributed by atoms with Crippen LogP contribution >= 0.6 is 0 Å². The summed E-state index contributed by atoms with van der Waals surface area (Å²) in [6, 6.07) is 9.43. The second-order valence-electron chi connectivity index (χ2n) is 5.90. The van der Waals surface area contributed by atoms with Crippen LogP contribution in [0.3, 0.4) is 0 Å². The molecule has 0 bridgehead atoms. The SMILES string of the molecule is CCCCN(CCCC)C(=O)C[C@@](C)(O)c1ccccc1. The van der Waals surface area contributed by atoms with Gasteiger partial charge in [-0.1, -0.05) is 57.0 Å². The standard InChI is InChI=1S/C18H29NO2/c1-4-6-13-19(14-7-5-2)17(20)15-18(3,21)16-11-9-8-10-12-16/h8-12,21H,4-7,13-15H2,1-3H3/t18-/m1/s1. The van der Waals surface area contributed by atoms with Crippen LogP contribution in [-0.4, -0.2) is 29.0 Å². The van der Waals surface area contributed by atoms with Gasteiger partial charge in [-0.05, 0) is 25.3 Å². The van der Waals surface area contributed by atoms with Crippen molar-refractivity contribution in [1.82, 2.24) is 4.90 Å². The highest BCUT2D eigenvalue weighted by Gasteiger charge is 2.28. The van der Waals surface area contributed by atoms with Gasteiger partial charge < -0.3 is 10.0 Å². The zero-order chi connectivity index (χ0) is 15.7. The molecule has 0 aliphatic carbocycles. The zero-order valence-electron chi connectivity index (χ0n) is 13.6. The number of rotatable bonds is 9. The predicted octanol–water partition coefficient (Wildman–Crippen LogP) is 3.71.